The molecule has 2 aromatic rings. The summed E-state index contributed by atoms with van der Waals surface area (Å²) in [4.78, 5) is 0.127. The number of hydrogen-bond acceptors (Lipinski definition) is 4. The molecular formula is C16H23N3O3S. The molecule has 1 atom stereocenters. The summed E-state index contributed by atoms with van der Waals surface area (Å²) in [5, 5.41) is 14.1. The second-order valence-electron chi connectivity index (χ2n) is 5.91. The van der Waals surface area contributed by atoms with Gasteiger partial charge in [-0.25, -0.2) is 13.1 Å². The van der Waals surface area contributed by atoms with Crippen LogP contribution >= 0.6 is 0 Å². The molecule has 6 nitrogen and oxygen atoms in total. The fourth-order valence-electron chi connectivity index (χ4n) is 2.23. The van der Waals surface area contributed by atoms with Crippen LogP contribution in [0.1, 0.15) is 42.7 Å². The lowest BCUT2D eigenvalue weighted by molar-refractivity contribution is 0.182. The molecule has 2 rings (SSSR count). The van der Waals surface area contributed by atoms with Crippen molar-refractivity contribution in [3.05, 3.63) is 47.3 Å². The van der Waals surface area contributed by atoms with E-state index in [1.165, 1.54) is 16.4 Å². The minimum Gasteiger partial charge on any atom is -0.387 e. The van der Waals surface area contributed by atoms with Crippen molar-refractivity contribution in [3.8, 4) is 0 Å². The molecule has 1 heterocycles. The normalized spacial score (nSPS) is 13.5. The van der Waals surface area contributed by atoms with E-state index in [1.807, 2.05) is 24.3 Å². The van der Waals surface area contributed by atoms with Gasteiger partial charge in [-0.1, -0.05) is 38.1 Å². The number of rotatable bonds is 6. The van der Waals surface area contributed by atoms with Crippen molar-refractivity contribution >= 4 is 10.0 Å². The lowest BCUT2D eigenvalue weighted by Gasteiger charge is -2.14. The first-order valence-electron chi connectivity index (χ1n) is 7.48. The van der Waals surface area contributed by atoms with Crippen LogP contribution in [-0.2, 0) is 17.1 Å². The standard InChI is InChI=1S/C16H23N3O3S/c1-11(2)13-5-7-14(8-6-13)15(20)9-18-23(21,22)16-10-17-19(4)12(16)3/h5-8,10-11,15,18,20H,9H2,1-4H3. The molecule has 0 aliphatic heterocycles. The van der Waals surface area contributed by atoms with E-state index in [-0.39, 0.29) is 11.4 Å². The van der Waals surface area contributed by atoms with Gasteiger partial charge in [-0.2, -0.15) is 5.10 Å². The van der Waals surface area contributed by atoms with Gasteiger partial charge in [-0.15, -0.1) is 0 Å². The Morgan fingerprint density at radius 2 is 1.78 bits per heavy atom. The Kier molecular flexibility index (Phi) is 5.23. The summed E-state index contributed by atoms with van der Waals surface area (Å²) < 4.78 is 28.5. The fraction of sp³-hybridized carbons (Fsp3) is 0.438. The highest BCUT2D eigenvalue weighted by Gasteiger charge is 2.21. The van der Waals surface area contributed by atoms with Gasteiger partial charge in [0.2, 0.25) is 10.0 Å². The lowest BCUT2D eigenvalue weighted by atomic mass is 10.00. The summed E-state index contributed by atoms with van der Waals surface area (Å²) in [7, 11) is -2.01. The minimum absolute atomic E-state index is 0.0856. The first kappa shape index (κ1) is 17.7. The zero-order valence-electron chi connectivity index (χ0n) is 13.8. The highest BCUT2D eigenvalue weighted by molar-refractivity contribution is 7.89. The number of sulfonamides is 1. The molecule has 0 amide bonds. The molecule has 0 saturated carbocycles. The molecular weight excluding hydrogens is 314 g/mol. The summed E-state index contributed by atoms with van der Waals surface area (Å²) >= 11 is 0. The highest BCUT2D eigenvalue weighted by Crippen LogP contribution is 2.19. The average Bonchev–Trinajstić information content (AvgIpc) is 2.85. The van der Waals surface area contributed by atoms with Crippen molar-refractivity contribution in [1.82, 2.24) is 14.5 Å². The van der Waals surface area contributed by atoms with Crippen molar-refractivity contribution < 1.29 is 13.5 Å². The van der Waals surface area contributed by atoms with E-state index in [4.69, 9.17) is 0 Å². The van der Waals surface area contributed by atoms with Crippen LogP contribution in [0.5, 0.6) is 0 Å². The van der Waals surface area contributed by atoms with Gasteiger partial charge in [0.25, 0.3) is 0 Å². The van der Waals surface area contributed by atoms with Gasteiger partial charge in [0.15, 0.2) is 0 Å². The zero-order chi connectivity index (χ0) is 17.2. The van der Waals surface area contributed by atoms with Gasteiger partial charge in [0.05, 0.1) is 18.0 Å². The maximum absolute atomic E-state index is 12.3. The Balaban J connectivity index is 2.06. The Hall–Kier alpha value is -1.70. The molecule has 0 radical (unpaired) electrons. The Labute approximate surface area is 137 Å². The van der Waals surface area contributed by atoms with E-state index in [0.29, 0.717) is 17.2 Å². The van der Waals surface area contributed by atoms with Crippen LogP contribution in [0.4, 0.5) is 0 Å². The van der Waals surface area contributed by atoms with E-state index in [1.54, 1.807) is 14.0 Å². The van der Waals surface area contributed by atoms with Crippen LogP contribution in [-0.4, -0.2) is 29.8 Å². The van der Waals surface area contributed by atoms with Gasteiger partial charge in [0, 0.05) is 13.6 Å². The molecule has 0 saturated heterocycles. The molecule has 23 heavy (non-hydrogen) atoms. The van der Waals surface area contributed by atoms with Crippen molar-refractivity contribution in [1.29, 1.82) is 0 Å². The number of benzene rings is 1. The monoisotopic (exact) mass is 337 g/mol. The maximum Gasteiger partial charge on any atom is 0.244 e. The summed E-state index contributed by atoms with van der Waals surface area (Å²) in [6.07, 6.45) is 0.407. The van der Waals surface area contributed by atoms with Crippen LogP contribution in [0.2, 0.25) is 0 Å². The molecule has 2 N–H and O–H groups in total. The van der Waals surface area contributed by atoms with Crippen molar-refractivity contribution in [2.24, 2.45) is 7.05 Å². The highest BCUT2D eigenvalue weighted by atomic mass is 32.2. The van der Waals surface area contributed by atoms with Crippen molar-refractivity contribution in [2.45, 2.75) is 37.7 Å². The smallest absolute Gasteiger partial charge is 0.244 e. The fourth-order valence-corrected chi connectivity index (χ4v) is 3.47. The van der Waals surface area contributed by atoms with Gasteiger partial charge in [-0.3, -0.25) is 4.68 Å². The van der Waals surface area contributed by atoms with Crippen LogP contribution < -0.4 is 4.72 Å². The van der Waals surface area contributed by atoms with Gasteiger partial charge in [-0.05, 0) is 24.0 Å². The molecule has 0 fully saturated rings. The summed E-state index contributed by atoms with van der Waals surface area (Å²) in [5.74, 6) is 0.410. The number of nitrogens with zero attached hydrogens (tertiary/aromatic N) is 2. The number of nitrogens with one attached hydrogen (secondary N) is 1. The molecule has 7 heteroatoms. The maximum atomic E-state index is 12.3. The third-order valence-electron chi connectivity index (χ3n) is 3.93. The average molecular weight is 337 g/mol. The second kappa shape index (κ2) is 6.82. The number of hydrogen-bond donors (Lipinski definition) is 2. The predicted molar refractivity (Wildman–Crippen MR) is 88.6 cm³/mol. The molecule has 0 spiro atoms. The molecule has 0 aliphatic rings. The predicted octanol–water partition coefficient (Wildman–Crippen LogP) is 1.86. The first-order valence-corrected chi connectivity index (χ1v) is 8.97. The Morgan fingerprint density at radius 1 is 1.22 bits per heavy atom. The number of aliphatic hydroxyl groups is 1. The third-order valence-corrected chi connectivity index (χ3v) is 5.46. The largest absolute Gasteiger partial charge is 0.387 e. The lowest BCUT2D eigenvalue weighted by Crippen LogP contribution is -2.28. The van der Waals surface area contributed by atoms with E-state index in [9.17, 15) is 13.5 Å². The Morgan fingerprint density at radius 3 is 2.26 bits per heavy atom. The van der Waals surface area contributed by atoms with Crippen LogP contribution in [0, 0.1) is 6.92 Å². The first-order chi connectivity index (χ1) is 10.7. The quantitative estimate of drug-likeness (QED) is 0.843. The zero-order valence-corrected chi connectivity index (χ0v) is 14.6. The van der Waals surface area contributed by atoms with E-state index < -0.39 is 16.1 Å². The van der Waals surface area contributed by atoms with E-state index >= 15 is 0 Å². The molecule has 0 bridgehead atoms. The molecule has 1 aromatic heterocycles. The SMILES string of the molecule is Cc1c(S(=O)(=O)NCC(O)c2ccc(C(C)C)cc2)cnn1C. The number of aryl methyl sites for hydroxylation is 1. The van der Waals surface area contributed by atoms with Crippen LogP contribution in [0.15, 0.2) is 35.4 Å². The topological polar surface area (TPSA) is 84.2 Å². The molecule has 126 valence electrons. The second-order valence-corrected chi connectivity index (χ2v) is 7.64. The van der Waals surface area contributed by atoms with Gasteiger partial charge >= 0.3 is 0 Å². The van der Waals surface area contributed by atoms with Crippen LogP contribution in [0.3, 0.4) is 0 Å². The molecule has 1 aromatic carbocycles. The van der Waals surface area contributed by atoms with E-state index in [2.05, 4.69) is 23.7 Å². The van der Waals surface area contributed by atoms with Crippen molar-refractivity contribution in [3.63, 3.8) is 0 Å². The third kappa shape index (κ3) is 3.99. The minimum atomic E-state index is -3.69. The van der Waals surface area contributed by atoms with Gasteiger partial charge in [0.1, 0.15) is 4.90 Å². The number of aromatic nitrogens is 2. The molecule has 1 unspecified atom stereocenters. The van der Waals surface area contributed by atoms with Crippen molar-refractivity contribution in [2.75, 3.05) is 6.54 Å². The summed E-state index contributed by atoms with van der Waals surface area (Å²) in [5.41, 5.74) is 2.40. The Bertz CT molecular complexity index is 764. The van der Waals surface area contributed by atoms with Crippen LogP contribution in [0.25, 0.3) is 0 Å². The summed E-state index contributed by atoms with van der Waals surface area (Å²) in [6.45, 7) is 5.78. The number of aliphatic hydroxyl groups excluding tert-OH is 1. The molecule has 0 aliphatic carbocycles. The van der Waals surface area contributed by atoms with Gasteiger partial charge < -0.3 is 5.11 Å². The van der Waals surface area contributed by atoms with E-state index in [0.717, 1.165) is 0 Å². The summed E-state index contributed by atoms with van der Waals surface area (Å²) in [6, 6.07) is 7.54.